The third kappa shape index (κ3) is 12.9. The second-order valence-electron chi connectivity index (χ2n) is 3.50. The number of carbonyl (C=O) groups is 1. The highest BCUT2D eigenvalue weighted by Gasteiger charge is 1.92. The van der Waals surface area contributed by atoms with Crippen LogP contribution in [0.25, 0.3) is 0 Å². The molecule has 0 fully saturated rings. The van der Waals surface area contributed by atoms with Crippen molar-refractivity contribution in [1.82, 2.24) is 0 Å². The number of unbranched alkanes of at least 4 members (excludes halogenated alkanes) is 4. The smallest absolute Gasteiger partial charge is 0.302 e. The molecule has 0 rings (SSSR count). The lowest BCUT2D eigenvalue weighted by Gasteiger charge is -2.00. The zero-order chi connectivity index (χ0) is 11.4. The quantitative estimate of drug-likeness (QED) is 0.347. The van der Waals surface area contributed by atoms with Crippen LogP contribution < -0.4 is 0 Å². The van der Waals surface area contributed by atoms with Gasteiger partial charge in [-0.15, -0.1) is 0 Å². The number of ether oxygens (including phenoxy) is 1. The minimum absolute atomic E-state index is 0.177. The van der Waals surface area contributed by atoms with Gasteiger partial charge in [-0.25, -0.2) is 0 Å². The first-order valence-corrected chi connectivity index (χ1v) is 5.68. The Morgan fingerprint density at radius 2 is 1.87 bits per heavy atom. The molecule has 0 radical (unpaired) electrons. The van der Waals surface area contributed by atoms with E-state index in [-0.39, 0.29) is 5.97 Å². The maximum atomic E-state index is 10.4. The van der Waals surface area contributed by atoms with Gasteiger partial charge in [0.05, 0.1) is 6.61 Å². The summed E-state index contributed by atoms with van der Waals surface area (Å²) in [7, 11) is 0. The molecular formula is C13H22O2. The second-order valence-corrected chi connectivity index (χ2v) is 3.50. The van der Waals surface area contributed by atoms with Crippen LogP contribution in [0.1, 0.15) is 46.0 Å². The van der Waals surface area contributed by atoms with E-state index in [0.29, 0.717) is 6.61 Å². The second kappa shape index (κ2) is 11.0. The molecule has 0 saturated heterocycles. The third-order valence-corrected chi connectivity index (χ3v) is 2.01. The number of esters is 1. The lowest BCUT2D eigenvalue weighted by Crippen LogP contribution is -1.99. The van der Waals surface area contributed by atoms with E-state index in [0.717, 1.165) is 19.3 Å². The molecule has 0 aromatic carbocycles. The van der Waals surface area contributed by atoms with Crippen LogP contribution in [-0.2, 0) is 9.53 Å². The summed E-state index contributed by atoms with van der Waals surface area (Å²) < 4.78 is 4.84. The van der Waals surface area contributed by atoms with Crippen molar-refractivity contribution in [2.24, 2.45) is 0 Å². The maximum Gasteiger partial charge on any atom is 0.302 e. The number of carbonyl (C=O) groups excluding carboxylic acids is 1. The lowest BCUT2D eigenvalue weighted by molar-refractivity contribution is -0.141. The number of rotatable bonds is 8. The molecule has 0 spiro atoms. The van der Waals surface area contributed by atoms with E-state index in [9.17, 15) is 4.79 Å². The summed E-state index contributed by atoms with van der Waals surface area (Å²) in [5.74, 6) is -0.177. The van der Waals surface area contributed by atoms with Gasteiger partial charge in [-0.1, -0.05) is 37.1 Å². The Balaban J connectivity index is 3.08. The minimum atomic E-state index is -0.177. The van der Waals surface area contributed by atoms with Crippen molar-refractivity contribution in [2.45, 2.75) is 46.0 Å². The van der Waals surface area contributed by atoms with E-state index in [1.165, 1.54) is 19.8 Å². The highest BCUT2D eigenvalue weighted by molar-refractivity contribution is 5.65. The van der Waals surface area contributed by atoms with Crippen molar-refractivity contribution in [2.75, 3.05) is 6.61 Å². The summed E-state index contributed by atoms with van der Waals surface area (Å²) in [6, 6.07) is 0. The first-order valence-electron chi connectivity index (χ1n) is 5.68. The molecule has 0 unspecified atom stereocenters. The van der Waals surface area contributed by atoms with Gasteiger partial charge in [0.1, 0.15) is 0 Å². The van der Waals surface area contributed by atoms with Crippen LogP contribution in [0, 0.1) is 0 Å². The van der Waals surface area contributed by atoms with Crippen molar-refractivity contribution in [3.05, 3.63) is 24.3 Å². The topological polar surface area (TPSA) is 26.3 Å². The molecule has 0 aliphatic rings. The number of allylic oxidation sites excluding steroid dienone is 4. The first kappa shape index (κ1) is 13.9. The summed E-state index contributed by atoms with van der Waals surface area (Å²) in [5, 5.41) is 0. The van der Waals surface area contributed by atoms with Crippen LogP contribution in [0.15, 0.2) is 24.3 Å². The summed E-state index contributed by atoms with van der Waals surface area (Å²) in [6.45, 7) is 4.04. The predicted octanol–water partition coefficient (Wildman–Crippen LogP) is 3.63. The fourth-order valence-electron chi connectivity index (χ4n) is 1.22. The van der Waals surface area contributed by atoms with Crippen molar-refractivity contribution >= 4 is 5.97 Å². The molecule has 0 aromatic heterocycles. The fraction of sp³-hybridized carbons (Fsp3) is 0.615. The molecule has 0 heterocycles. The molecule has 86 valence electrons. The molecular weight excluding hydrogens is 188 g/mol. The molecule has 0 saturated carbocycles. The van der Waals surface area contributed by atoms with Gasteiger partial charge in [-0.05, 0) is 26.2 Å². The zero-order valence-electron chi connectivity index (χ0n) is 9.87. The van der Waals surface area contributed by atoms with Crippen molar-refractivity contribution in [3.63, 3.8) is 0 Å². The Kier molecular flexibility index (Phi) is 10.3. The highest BCUT2D eigenvalue weighted by Crippen LogP contribution is 2.03. The molecule has 0 atom stereocenters. The Morgan fingerprint density at radius 3 is 2.53 bits per heavy atom. The van der Waals surface area contributed by atoms with Crippen LogP contribution in [0.3, 0.4) is 0 Å². The van der Waals surface area contributed by atoms with Gasteiger partial charge in [-0.3, -0.25) is 4.79 Å². The van der Waals surface area contributed by atoms with E-state index in [4.69, 9.17) is 4.74 Å². The van der Waals surface area contributed by atoms with Crippen molar-refractivity contribution in [1.29, 1.82) is 0 Å². The largest absolute Gasteiger partial charge is 0.466 e. The average molecular weight is 210 g/mol. The van der Waals surface area contributed by atoms with Crippen molar-refractivity contribution in [3.8, 4) is 0 Å². The van der Waals surface area contributed by atoms with Gasteiger partial charge in [0.15, 0.2) is 0 Å². The monoisotopic (exact) mass is 210 g/mol. The van der Waals surface area contributed by atoms with Crippen LogP contribution in [0.4, 0.5) is 0 Å². The molecule has 0 bridgehead atoms. The number of hydrogen-bond donors (Lipinski definition) is 0. The Bertz CT molecular complexity index is 205. The standard InChI is InChI=1S/C13H22O2/c1-3-4-5-6-7-8-9-10-11-12-15-13(2)14/h3-6H,7-12H2,1-2H3. The van der Waals surface area contributed by atoms with Crippen molar-refractivity contribution < 1.29 is 9.53 Å². The van der Waals surface area contributed by atoms with E-state index in [1.807, 2.05) is 19.1 Å². The van der Waals surface area contributed by atoms with Gasteiger partial charge in [0.25, 0.3) is 0 Å². The van der Waals surface area contributed by atoms with Crippen LogP contribution in [-0.4, -0.2) is 12.6 Å². The summed E-state index contributed by atoms with van der Waals surface area (Å²) in [6.07, 6.45) is 14.0. The molecule has 2 nitrogen and oxygen atoms in total. The predicted molar refractivity (Wildman–Crippen MR) is 63.7 cm³/mol. The van der Waals surface area contributed by atoms with Gasteiger partial charge in [-0.2, -0.15) is 0 Å². The van der Waals surface area contributed by atoms with Gasteiger partial charge in [0, 0.05) is 6.92 Å². The van der Waals surface area contributed by atoms with Gasteiger partial charge >= 0.3 is 5.97 Å². The summed E-state index contributed by atoms with van der Waals surface area (Å²) in [5.41, 5.74) is 0. The Hall–Kier alpha value is -1.05. The Morgan fingerprint density at radius 1 is 1.13 bits per heavy atom. The fourth-order valence-corrected chi connectivity index (χ4v) is 1.22. The molecule has 0 aromatic rings. The van der Waals surface area contributed by atoms with Gasteiger partial charge < -0.3 is 4.74 Å². The SMILES string of the molecule is CC=CC=CCCCCCCOC(C)=O. The molecule has 15 heavy (non-hydrogen) atoms. The third-order valence-electron chi connectivity index (χ3n) is 2.01. The van der Waals surface area contributed by atoms with E-state index < -0.39 is 0 Å². The zero-order valence-corrected chi connectivity index (χ0v) is 9.87. The molecule has 0 N–H and O–H groups in total. The molecule has 0 aliphatic heterocycles. The maximum absolute atomic E-state index is 10.4. The summed E-state index contributed by atoms with van der Waals surface area (Å²) in [4.78, 5) is 10.4. The number of hydrogen-bond acceptors (Lipinski definition) is 2. The molecule has 0 amide bonds. The van der Waals surface area contributed by atoms with E-state index >= 15 is 0 Å². The van der Waals surface area contributed by atoms with Crippen LogP contribution >= 0.6 is 0 Å². The molecule has 2 heteroatoms. The van der Waals surface area contributed by atoms with Gasteiger partial charge in [0.2, 0.25) is 0 Å². The van der Waals surface area contributed by atoms with E-state index in [1.54, 1.807) is 0 Å². The normalized spacial score (nSPS) is 11.3. The average Bonchev–Trinajstić information content (AvgIpc) is 2.20. The molecule has 0 aliphatic carbocycles. The highest BCUT2D eigenvalue weighted by atomic mass is 16.5. The Labute approximate surface area is 93.0 Å². The van der Waals surface area contributed by atoms with E-state index in [2.05, 4.69) is 12.2 Å². The summed E-state index contributed by atoms with van der Waals surface area (Å²) >= 11 is 0. The van der Waals surface area contributed by atoms with Crippen LogP contribution in [0.5, 0.6) is 0 Å². The minimum Gasteiger partial charge on any atom is -0.466 e. The lowest BCUT2D eigenvalue weighted by atomic mass is 10.1. The van der Waals surface area contributed by atoms with Crippen LogP contribution in [0.2, 0.25) is 0 Å². The first-order chi connectivity index (χ1) is 7.27.